The first-order valence-electron chi connectivity index (χ1n) is 8.51. The van der Waals surface area contributed by atoms with Gasteiger partial charge in [0.1, 0.15) is 0 Å². The normalized spacial score (nSPS) is 22.0. The van der Waals surface area contributed by atoms with Gasteiger partial charge in [0.05, 0.1) is 22.9 Å². The molecule has 1 amide bonds. The third-order valence-electron chi connectivity index (χ3n) is 5.05. The molecule has 0 aliphatic carbocycles. The second-order valence-corrected chi connectivity index (χ2v) is 10.5. The Kier molecular flexibility index (Phi) is 5.13. The van der Waals surface area contributed by atoms with Gasteiger partial charge in [-0.1, -0.05) is 6.92 Å². The molecule has 0 unspecified atom stereocenters. The molecule has 0 aromatic heterocycles. The molecule has 2 heterocycles. The number of fused-ring (bicyclic) bond motifs is 1. The molecule has 1 aromatic carbocycles. The van der Waals surface area contributed by atoms with Crippen LogP contribution < -0.4 is 10.0 Å². The first-order chi connectivity index (χ1) is 12.1. The minimum Gasteiger partial charge on any atom is -0.311 e. The lowest BCUT2D eigenvalue weighted by atomic mass is 10.2. The zero-order chi connectivity index (χ0) is 19.1. The monoisotopic (exact) mass is 401 g/mol. The predicted octanol–water partition coefficient (Wildman–Crippen LogP) is -0.268. The first kappa shape index (κ1) is 19.3. The van der Waals surface area contributed by atoms with Crippen LogP contribution in [0.5, 0.6) is 0 Å². The average molecular weight is 402 g/mol. The van der Waals surface area contributed by atoms with Gasteiger partial charge in [-0.3, -0.25) is 9.69 Å². The number of nitrogens with zero attached hydrogens (tertiary/aromatic N) is 2. The lowest BCUT2D eigenvalue weighted by molar-refractivity contribution is -0.120. The van der Waals surface area contributed by atoms with Crippen molar-refractivity contribution in [1.29, 1.82) is 0 Å². The second kappa shape index (κ2) is 6.91. The summed E-state index contributed by atoms with van der Waals surface area (Å²) in [7, 11) is -6.78. The lowest BCUT2D eigenvalue weighted by Gasteiger charge is -2.28. The number of sulfone groups is 1. The van der Waals surface area contributed by atoms with Gasteiger partial charge in [0, 0.05) is 18.3 Å². The van der Waals surface area contributed by atoms with Crippen LogP contribution in [0.3, 0.4) is 0 Å². The topological polar surface area (TPSA) is 118 Å². The Morgan fingerprint density at radius 3 is 2.69 bits per heavy atom. The maximum atomic E-state index is 12.8. The van der Waals surface area contributed by atoms with Gasteiger partial charge < -0.3 is 4.90 Å². The molecule has 0 spiro atoms. The Balaban J connectivity index is 1.74. The quantitative estimate of drug-likeness (QED) is 0.726. The standard InChI is InChI=1S/C16H23N3O5S2/c1-2-18(13-6-8-25(21,22)11-13)10-16(20)19-7-5-12-9-14(26(17,23)24)3-4-15(12)19/h3-4,9,13H,2,5-8,10-11H2,1H3,(H2,17,23,24)/t13-/m0/s1. The molecule has 1 atom stereocenters. The third-order valence-corrected chi connectivity index (χ3v) is 7.71. The smallest absolute Gasteiger partial charge is 0.241 e. The largest absolute Gasteiger partial charge is 0.311 e. The van der Waals surface area contributed by atoms with E-state index in [1.807, 2.05) is 11.8 Å². The van der Waals surface area contributed by atoms with Crippen molar-refractivity contribution >= 4 is 31.5 Å². The Morgan fingerprint density at radius 2 is 2.12 bits per heavy atom. The van der Waals surface area contributed by atoms with E-state index in [2.05, 4.69) is 0 Å². The molecule has 10 heteroatoms. The predicted molar refractivity (Wildman–Crippen MR) is 98.2 cm³/mol. The van der Waals surface area contributed by atoms with E-state index >= 15 is 0 Å². The number of hydrogen-bond donors (Lipinski definition) is 1. The molecule has 2 aliphatic heterocycles. The van der Waals surface area contributed by atoms with Crippen LogP contribution >= 0.6 is 0 Å². The fourth-order valence-electron chi connectivity index (χ4n) is 3.64. The third kappa shape index (κ3) is 3.93. The molecule has 2 aliphatic rings. The van der Waals surface area contributed by atoms with Crippen molar-refractivity contribution in [3.63, 3.8) is 0 Å². The molecule has 0 bridgehead atoms. The summed E-state index contributed by atoms with van der Waals surface area (Å²) in [6.45, 7) is 3.13. The van der Waals surface area contributed by atoms with E-state index in [4.69, 9.17) is 5.14 Å². The van der Waals surface area contributed by atoms with Crippen LogP contribution in [0.15, 0.2) is 23.1 Å². The van der Waals surface area contributed by atoms with Crippen molar-refractivity contribution in [3.05, 3.63) is 23.8 Å². The molecule has 1 aromatic rings. The van der Waals surface area contributed by atoms with Crippen LogP contribution in [-0.2, 0) is 31.1 Å². The van der Waals surface area contributed by atoms with Crippen LogP contribution in [0.25, 0.3) is 0 Å². The molecule has 144 valence electrons. The van der Waals surface area contributed by atoms with Gasteiger partial charge in [-0.2, -0.15) is 0 Å². The highest BCUT2D eigenvalue weighted by Gasteiger charge is 2.34. The molecule has 1 fully saturated rings. The zero-order valence-electron chi connectivity index (χ0n) is 14.6. The van der Waals surface area contributed by atoms with Crippen LogP contribution in [0.2, 0.25) is 0 Å². The van der Waals surface area contributed by atoms with E-state index in [1.54, 1.807) is 11.0 Å². The first-order valence-corrected chi connectivity index (χ1v) is 11.9. The molecule has 1 saturated heterocycles. The average Bonchev–Trinajstić information content (AvgIpc) is 3.14. The Hall–Kier alpha value is -1.49. The SMILES string of the molecule is CCN(CC(=O)N1CCc2cc(S(N)(=O)=O)ccc21)[C@H]1CCS(=O)(=O)C1. The number of primary sulfonamides is 1. The number of anilines is 1. The van der Waals surface area contributed by atoms with E-state index in [0.717, 1.165) is 5.56 Å². The van der Waals surface area contributed by atoms with Crippen LogP contribution in [0, 0.1) is 0 Å². The summed E-state index contributed by atoms with van der Waals surface area (Å²) < 4.78 is 46.3. The molecule has 0 radical (unpaired) electrons. The number of sulfonamides is 1. The van der Waals surface area contributed by atoms with E-state index in [-0.39, 0.29) is 34.9 Å². The molecule has 3 rings (SSSR count). The van der Waals surface area contributed by atoms with Gasteiger partial charge in [0.25, 0.3) is 0 Å². The van der Waals surface area contributed by atoms with Crippen LogP contribution in [0.4, 0.5) is 5.69 Å². The second-order valence-electron chi connectivity index (χ2n) is 6.75. The molecule has 8 nitrogen and oxygen atoms in total. The van der Waals surface area contributed by atoms with Gasteiger partial charge in [-0.25, -0.2) is 22.0 Å². The van der Waals surface area contributed by atoms with Crippen molar-refractivity contribution in [2.45, 2.75) is 30.7 Å². The minimum atomic E-state index is -3.78. The van der Waals surface area contributed by atoms with E-state index in [0.29, 0.717) is 31.6 Å². The summed E-state index contributed by atoms with van der Waals surface area (Å²) in [6.07, 6.45) is 1.12. The summed E-state index contributed by atoms with van der Waals surface area (Å²) in [4.78, 5) is 16.3. The van der Waals surface area contributed by atoms with Crippen molar-refractivity contribution < 1.29 is 21.6 Å². The summed E-state index contributed by atoms with van der Waals surface area (Å²) in [6, 6.07) is 4.40. The Morgan fingerprint density at radius 1 is 1.38 bits per heavy atom. The van der Waals surface area contributed by atoms with E-state index in [1.165, 1.54) is 12.1 Å². The number of rotatable bonds is 5. The van der Waals surface area contributed by atoms with Gasteiger partial charge in [0.15, 0.2) is 9.84 Å². The lowest BCUT2D eigenvalue weighted by Crippen LogP contribution is -2.44. The summed E-state index contributed by atoms with van der Waals surface area (Å²) in [5.74, 6) is 0.159. The summed E-state index contributed by atoms with van der Waals surface area (Å²) >= 11 is 0. The highest BCUT2D eigenvalue weighted by Crippen LogP contribution is 2.30. The Labute approximate surface area is 153 Å². The van der Waals surface area contributed by atoms with E-state index < -0.39 is 19.9 Å². The van der Waals surface area contributed by atoms with Crippen molar-refractivity contribution in [3.8, 4) is 0 Å². The number of nitrogens with two attached hydrogens (primary N) is 1. The van der Waals surface area contributed by atoms with Gasteiger partial charge in [-0.05, 0) is 43.1 Å². The van der Waals surface area contributed by atoms with Crippen LogP contribution in [-0.4, -0.2) is 64.8 Å². The summed E-state index contributed by atoms with van der Waals surface area (Å²) in [5, 5.41) is 5.16. The highest BCUT2D eigenvalue weighted by molar-refractivity contribution is 7.91. The molecular weight excluding hydrogens is 378 g/mol. The molecular formula is C16H23N3O5S2. The summed E-state index contributed by atoms with van der Waals surface area (Å²) in [5.41, 5.74) is 1.47. The number of benzene rings is 1. The van der Waals surface area contributed by atoms with Crippen LogP contribution in [0.1, 0.15) is 18.9 Å². The maximum absolute atomic E-state index is 12.8. The number of hydrogen-bond acceptors (Lipinski definition) is 6. The van der Waals surface area contributed by atoms with Crippen molar-refractivity contribution in [2.24, 2.45) is 5.14 Å². The highest BCUT2D eigenvalue weighted by atomic mass is 32.2. The zero-order valence-corrected chi connectivity index (χ0v) is 16.2. The Bertz CT molecular complexity index is 927. The molecule has 2 N–H and O–H groups in total. The number of carbonyl (C=O) groups is 1. The maximum Gasteiger partial charge on any atom is 0.241 e. The molecule has 26 heavy (non-hydrogen) atoms. The number of carbonyl (C=O) groups excluding carboxylic acids is 1. The van der Waals surface area contributed by atoms with Crippen molar-refractivity contribution in [1.82, 2.24) is 4.90 Å². The van der Waals surface area contributed by atoms with Crippen molar-refractivity contribution in [2.75, 3.05) is 36.0 Å². The van der Waals surface area contributed by atoms with E-state index in [9.17, 15) is 21.6 Å². The number of amides is 1. The fourth-order valence-corrected chi connectivity index (χ4v) is 5.96. The van der Waals surface area contributed by atoms with Gasteiger partial charge >= 0.3 is 0 Å². The van der Waals surface area contributed by atoms with Gasteiger partial charge in [-0.15, -0.1) is 0 Å². The fraction of sp³-hybridized carbons (Fsp3) is 0.562. The number of likely N-dealkylation sites (N-methyl/N-ethyl adjacent to an activating group) is 1. The van der Waals surface area contributed by atoms with Gasteiger partial charge in [0.2, 0.25) is 15.9 Å². The minimum absolute atomic E-state index is 0.0388. The molecule has 0 saturated carbocycles.